The van der Waals surface area contributed by atoms with Crippen LogP contribution < -0.4 is 0 Å². The summed E-state index contributed by atoms with van der Waals surface area (Å²) in [6.07, 6.45) is 1.99. The Balaban J connectivity index is 2.22. The molecule has 0 atom stereocenters. The van der Waals surface area contributed by atoms with Gasteiger partial charge in [0.05, 0.1) is 5.69 Å². The fourth-order valence-corrected chi connectivity index (χ4v) is 2.23. The summed E-state index contributed by atoms with van der Waals surface area (Å²) in [6, 6.07) is 10.9. The number of H-pyrrole nitrogens is 1. The maximum absolute atomic E-state index is 5.38. The molecule has 0 saturated carbocycles. The normalized spacial score (nSPS) is 11.4. The van der Waals surface area contributed by atoms with Gasteiger partial charge in [0.15, 0.2) is 4.77 Å². The van der Waals surface area contributed by atoms with Crippen molar-refractivity contribution in [1.29, 1.82) is 0 Å². The largest absolute Gasteiger partial charge is 0.337 e. The molecule has 0 spiro atoms. The van der Waals surface area contributed by atoms with Crippen LogP contribution in [0.15, 0.2) is 36.5 Å². The zero-order valence-electron chi connectivity index (χ0n) is 11.8. The highest BCUT2D eigenvalue weighted by molar-refractivity contribution is 7.71. The zero-order chi connectivity index (χ0) is 13.8. The van der Waals surface area contributed by atoms with Gasteiger partial charge in [0, 0.05) is 25.3 Å². The van der Waals surface area contributed by atoms with Crippen molar-refractivity contribution in [1.82, 2.24) is 14.5 Å². The summed E-state index contributed by atoms with van der Waals surface area (Å²) in [4.78, 5) is 5.47. The average molecular weight is 275 g/mol. The van der Waals surface area contributed by atoms with E-state index in [0.29, 0.717) is 6.04 Å². The molecule has 0 saturated heterocycles. The molecule has 19 heavy (non-hydrogen) atoms. The highest BCUT2D eigenvalue weighted by atomic mass is 32.1. The molecule has 2 rings (SSSR count). The molecular weight excluding hydrogens is 254 g/mol. The third-order valence-electron chi connectivity index (χ3n) is 3.50. The van der Waals surface area contributed by atoms with Gasteiger partial charge in [-0.05, 0) is 38.7 Å². The number of imidazole rings is 1. The standard InChI is InChI=1S/C15H21N3S/c1-12(2)17(3)9-10-18-14(11-16-15(18)19)13-7-5-4-6-8-13/h4-8,11-12H,9-10H2,1-3H3,(H,16,19). The van der Waals surface area contributed by atoms with Gasteiger partial charge in [-0.2, -0.15) is 0 Å². The van der Waals surface area contributed by atoms with E-state index in [1.165, 1.54) is 5.56 Å². The van der Waals surface area contributed by atoms with E-state index in [0.717, 1.165) is 23.6 Å². The van der Waals surface area contributed by atoms with E-state index in [1.807, 2.05) is 12.3 Å². The molecule has 0 amide bonds. The summed E-state index contributed by atoms with van der Waals surface area (Å²) in [7, 11) is 2.14. The van der Waals surface area contributed by atoms with Crippen molar-refractivity contribution in [2.45, 2.75) is 26.4 Å². The van der Waals surface area contributed by atoms with Crippen LogP contribution in [0.3, 0.4) is 0 Å². The van der Waals surface area contributed by atoms with Crippen molar-refractivity contribution in [3.8, 4) is 11.3 Å². The number of aromatic nitrogens is 2. The number of hydrogen-bond acceptors (Lipinski definition) is 2. The van der Waals surface area contributed by atoms with E-state index >= 15 is 0 Å². The van der Waals surface area contributed by atoms with Crippen molar-refractivity contribution in [2.75, 3.05) is 13.6 Å². The van der Waals surface area contributed by atoms with Crippen LogP contribution in [0, 0.1) is 4.77 Å². The molecule has 4 heteroatoms. The smallest absolute Gasteiger partial charge is 0.177 e. The maximum atomic E-state index is 5.38. The Hall–Kier alpha value is -1.39. The number of nitrogens with one attached hydrogen (secondary N) is 1. The Morgan fingerprint density at radius 1 is 1.26 bits per heavy atom. The van der Waals surface area contributed by atoms with Crippen molar-refractivity contribution in [3.63, 3.8) is 0 Å². The molecule has 3 nitrogen and oxygen atoms in total. The van der Waals surface area contributed by atoms with E-state index in [2.05, 4.69) is 59.6 Å². The van der Waals surface area contributed by atoms with E-state index < -0.39 is 0 Å². The summed E-state index contributed by atoms with van der Waals surface area (Å²) in [5, 5.41) is 0. The van der Waals surface area contributed by atoms with Crippen LogP contribution in [-0.4, -0.2) is 34.1 Å². The van der Waals surface area contributed by atoms with Crippen molar-refractivity contribution in [3.05, 3.63) is 41.3 Å². The number of rotatable bonds is 5. The Morgan fingerprint density at radius 2 is 1.95 bits per heavy atom. The number of nitrogens with zero attached hydrogens (tertiary/aromatic N) is 2. The molecule has 0 aliphatic rings. The summed E-state index contributed by atoms with van der Waals surface area (Å²) in [5.41, 5.74) is 2.35. The lowest BCUT2D eigenvalue weighted by atomic mass is 10.2. The number of benzene rings is 1. The molecule has 0 aliphatic heterocycles. The lowest BCUT2D eigenvalue weighted by Crippen LogP contribution is -2.29. The molecule has 1 aromatic carbocycles. The lowest BCUT2D eigenvalue weighted by molar-refractivity contribution is 0.263. The first kappa shape index (κ1) is 14.0. The highest BCUT2D eigenvalue weighted by Gasteiger charge is 2.08. The molecule has 0 aliphatic carbocycles. The van der Waals surface area contributed by atoms with Gasteiger partial charge in [-0.3, -0.25) is 0 Å². The van der Waals surface area contributed by atoms with Gasteiger partial charge in [0.2, 0.25) is 0 Å². The van der Waals surface area contributed by atoms with Crippen molar-refractivity contribution < 1.29 is 0 Å². The molecule has 0 unspecified atom stereocenters. The number of likely N-dealkylation sites (N-methyl/N-ethyl adjacent to an activating group) is 1. The van der Waals surface area contributed by atoms with E-state index in [1.54, 1.807) is 0 Å². The third kappa shape index (κ3) is 3.33. The monoisotopic (exact) mass is 275 g/mol. The molecule has 1 N–H and O–H groups in total. The summed E-state index contributed by atoms with van der Waals surface area (Å²) in [6.45, 7) is 6.30. The molecular formula is C15H21N3S. The molecule has 1 aromatic heterocycles. The molecule has 0 bridgehead atoms. The van der Waals surface area contributed by atoms with E-state index in [-0.39, 0.29) is 0 Å². The van der Waals surface area contributed by atoms with E-state index in [9.17, 15) is 0 Å². The van der Waals surface area contributed by atoms with Gasteiger partial charge in [0.1, 0.15) is 0 Å². The fourth-order valence-electron chi connectivity index (χ4n) is 1.98. The minimum absolute atomic E-state index is 0.549. The lowest BCUT2D eigenvalue weighted by Gasteiger charge is -2.21. The second-order valence-corrected chi connectivity index (χ2v) is 5.46. The minimum atomic E-state index is 0.549. The van der Waals surface area contributed by atoms with E-state index in [4.69, 9.17) is 12.2 Å². The molecule has 1 heterocycles. The van der Waals surface area contributed by atoms with Gasteiger partial charge in [-0.25, -0.2) is 0 Å². The first-order valence-electron chi connectivity index (χ1n) is 6.63. The topological polar surface area (TPSA) is 24.0 Å². The third-order valence-corrected chi connectivity index (χ3v) is 3.83. The minimum Gasteiger partial charge on any atom is -0.337 e. The number of hydrogen-bond donors (Lipinski definition) is 1. The average Bonchev–Trinajstić information content (AvgIpc) is 2.78. The fraction of sp³-hybridized carbons (Fsp3) is 0.400. The Kier molecular flexibility index (Phi) is 4.56. The Labute approximate surface area is 119 Å². The van der Waals surface area contributed by atoms with Crippen LogP contribution in [0.1, 0.15) is 13.8 Å². The van der Waals surface area contributed by atoms with Crippen LogP contribution in [0.25, 0.3) is 11.3 Å². The van der Waals surface area contributed by atoms with Gasteiger partial charge < -0.3 is 14.5 Å². The van der Waals surface area contributed by atoms with Crippen LogP contribution in [-0.2, 0) is 6.54 Å². The molecule has 0 radical (unpaired) electrons. The quantitative estimate of drug-likeness (QED) is 0.844. The molecule has 2 aromatic rings. The molecule has 102 valence electrons. The van der Waals surface area contributed by atoms with Gasteiger partial charge >= 0.3 is 0 Å². The summed E-state index contributed by atoms with van der Waals surface area (Å²) >= 11 is 5.38. The van der Waals surface area contributed by atoms with Crippen molar-refractivity contribution >= 4 is 12.2 Å². The summed E-state index contributed by atoms with van der Waals surface area (Å²) < 4.78 is 2.96. The second kappa shape index (κ2) is 6.17. The number of aromatic amines is 1. The predicted molar refractivity (Wildman–Crippen MR) is 82.8 cm³/mol. The van der Waals surface area contributed by atoms with Crippen LogP contribution >= 0.6 is 12.2 Å². The first-order valence-corrected chi connectivity index (χ1v) is 7.04. The highest BCUT2D eigenvalue weighted by Crippen LogP contribution is 2.19. The maximum Gasteiger partial charge on any atom is 0.177 e. The molecule has 0 fully saturated rings. The SMILES string of the molecule is CC(C)N(C)CCn1c(-c2ccccc2)c[nH]c1=S. The summed E-state index contributed by atoms with van der Waals surface area (Å²) in [5.74, 6) is 0. The van der Waals surface area contributed by atoms with Crippen LogP contribution in [0.2, 0.25) is 0 Å². The Morgan fingerprint density at radius 3 is 2.58 bits per heavy atom. The second-order valence-electron chi connectivity index (χ2n) is 5.07. The van der Waals surface area contributed by atoms with Gasteiger partial charge in [-0.1, -0.05) is 30.3 Å². The van der Waals surface area contributed by atoms with Gasteiger partial charge in [-0.15, -0.1) is 0 Å². The zero-order valence-corrected chi connectivity index (χ0v) is 12.6. The van der Waals surface area contributed by atoms with Crippen LogP contribution in [0.5, 0.6) is 0 Å². The van der Waals surface area contributed by atoms with Crippen molar-refractivity contribution in [2.24, 2.45) is 0 Å². The van der Waals surface area contributed by atoms with Crippen LogP contribution in [0.4, 0.5) is 0 Å². The predicted octanol–water partition coefficient (Wildman–Crippen LogP) is 3.55. The Bertz CT molecular complexity index is 569. The first-order chi connectivity index (χ1) is 9.09. The van der Waals surface area contributed by atoms with Gasteiger partial charge in [0.25, 0.3) is 0 Å².